The molecule has 1 fully saturated rings. The third-order valence-corrected chi connectivity index (χ3v) is 4.83. The van der Waals surface area contributed by atoms with Gasteiger partial charge in [-0.05, 0) is 54.7 Å². The van der Waals surface area contributed by atoms with E-state index < -0.39 is 0 Å². The highest BCUT2D eigenvalue weighted by Crippen LogP contribution is 2.41. The molecule has 1 aromatic carbocycles. The van der Waals surface area contributed by atoms with E-state index in [4.69, 9.17) is 0 Å². The zero-order valence-electron chi connectivity index (χ0n) is 12.5. The molecule has 0 radical (unpaired) electrons. The molecule has 1 aliphatic carbocycles. The maximum Gasteiger partial charge on any atom is 0.0349 e. The van der Waals surface area contributed by atoms with Crippen LogP contribution < -0.4 is 5.32 Å². The number of hydrogen-bond donors (Lipinski definition) is 1. The molecule has 3 unspecified atom stereocenters. The number of nitrogens with zero attached hydrogens (tertiary/aromatic N) is 1. The first-order valence-corrected chi connectivity index (χ1v) is 7.87. The Hall–Kier alpha value is -1.41. The highest BCUT2D eigenvalue weighted by atomic mass is 14.9. The third-order valence-electron chi connectivity index (χ3n) is 4.83. The van der Waals surface area contributed by atoms with E-state index >= 15 is 0 Å². The Balaban J connectivity index is 1.88. The van der Waals surface area contributed by atoms with Crippen LogP contribution in [0, 0.1) is 5.92 Å². The van der Waals surface area contributed by atoms with E-state index in [9.17, 15) is 0 Å². The van der Waals surface area contributed by atoms with E-state index in [1.165, 1.54) is 35.6 Å². The van der Waals surface area contributed by atoms with Gasteiger partial charge in [-0.25, -0.2) is 0 Å². The minimum Gasteiger partial charge on any atom is -0.314 e. The predicted molar refractivity (Wildman–Crippen MR) is 85.0 cm³/mol. The van der Waals surface area contributed by atoms with E-state index in [0.29, 0.717) is 17.9 Å². The maximum atomic E-state index is 4.32. The van der Waals surface area contributed by atoms with Gasteiger partial charge in [0.1, 0.15) is 0 Å². The summed E-state index contributed by atoms with van der Waals surface area (Å²) in [5.74, 6) is 1.37. The van der Waals surface area contributed by atoms with Crippen molar-refractivity contribution in [2.45, 2.75) is 45.1 Å². The summed E-state index contributed by atoms with van der Waals surface area (Å²) in [4.78, 5) is 4.32. The highest BCUT2D eigenvalue weighted by molar-refractivity contribution is 5.85. The Bertz CT molecular complexity index is 573. The summed E-state index contributed by atoms with van der Waals surface area (Å²) in [5.41, 5.74) is 1.49. The van der Waals surface area contributed by atoms with Crippen LogP contribution in [0.2, 0.25) is 0 Å². The fraction of sp³-hybridized carbons (Fsp3) is 0.500. The summed E-state index contributed by atoms with van der Waals surface area (Å²) in [6.45, 7) is 5.78. The summed E-state index contributed by atoms with van der Waals surface area (Å²) in [6, 6.07) is 9.47. The number of aromatic nitrogens is 1. The Morgan fingerprint density at radius 2 is 2.15 bits per heavy atom. The molecule has 106 valence electrons. The molecule has 2 aromatic rings. The monoisotopic (exact) mass is 268 g/mol. The normalized spacial score (nSPS) is 26.2. The molecule has 3 atom stereocenters. The Labute approximate surface area is 121 Å². The van der Waals surface area contributed by atoms with Crippen LogP contribution in [-0.4, -0.2) is 17.6 Å². The predicted octanol–water partition coefficient (Wildman–Crippen LogP) is 4.12. The first-order valence-electron chi connectivity index (χ1n) is 7.87. The lowest BCUT2D eigenvalue weighted by molar-refractivity contribution is 0.405. The molecule has 1 aliphatic rings. The number of rotatable bonds is 4. The van der Waals surface area contributed by atoms with E-state index in [0.717, 1.165) is 6.54 Å². The summed E-state index contributed by atoms with van der Waals surface area (Å²) in [7, 11) is 0. The number of benzene rings is 1. The van der Waals surface area contributed by atoms with Crippen molar-refractivity contribution in [1.29, 1.82) is 0 Å². The summed E-state index contributed by atoms with van der Waals surface area (Å²) >= 11 is 0. The minimum atomic E-state index is 0.664. The topological polar surface area (TPSA) is 24.9 Å². The molecule has 1 N–H and O–H groups in total. The maximum absolute atomic E-state index is 4.32. The molecule has 2 nitrogen and oxygen atoms in total. The molecule has 0 saturated heterocycles. The van der Waals surface area contributed by atoms with Gasteiger partial charge in [0.2, 0.25) is 0 Å². The largest absolute Gasteiger partial charge is 0.314 e. The van der Waals surface area contributed by atoms with E-state index in [2.05, 4.69) is 48.4 Å². The Kier molecular flexibility index (Phi) is 4.02. The average Bonchev–Trinajstić information content (AvgIpc) is 2.85. The van der Waals surface area contributed by atoms with Crippen molar-refractivity contribution in [3.05, 3.63) is 42.2 Å². The van der Waals surface area contributed by atoms with Crippen LogP contribution in [-0.2, 0) is 0 Å². The van der Waals surface area contributed by atoms with Crippen molar-refractivity contribution in [2.24, 2.45) is 5.92 Å². The molecule has 1 saturated carbocycles. The molecule has 3 rings (SSSR count). The van der Waals surface area contributed by atoms with E-state index in [1.54, 1.807) is 0 Å². The first kappa shape index (κ1) is 13.6. The molecule has 0 spiro atoms. The van der Waals surface area contributed by atoms with Crippen LogP contribution in [0.15, 0.2) is 36.7 Å². The second-order valence-electron chi connectivity index (χ2n) is 6.05. The zero-order chi connectivity index (χ0) is 13.9. The van der Waals surface area contributed by atoms with Gasteiger partial charge in [-0.3, -0.25) is 4.98 Å². The SMILES string of the molecule is CCCNC1CCC(c2cccc3ccncc23)C1C. The highest BCUT2D eigenvalue weighted by Gasteiger charge is 2.33. The van der Waals surface area contributed by atoms with Gasteiger partial charge in [0.05, 0.1) is 0 Å². The van der Waals surface area contributed by atoms with Crippen LogP contribution in [0.4, 0.5) is 0 Å². The number of pyridine rings is 1. The van der Waals surface area contributed by atoms with Crippen LogP contribution in [0.5, 0.6) is 0 Å². The van der Waals surface area contributed by atoms with Crippen molar-refractivity contribution in [3.8, 4) is 0 Å². The van der Waals surface area contributed by atoms with Crippen LogP contribution in [0.3, 0.4) is 0 Å². The molecule has 0 aliphatic heterocycles. The lowest BCUT2D eigenvalue weighted by Gasteiger charge is -2.23. The third kappa shape index (κ3) is 2.45. The van der Waals surface area contributed by atoms with Crippen LogP contribution in [0.1, 0.15) is 44.6 Å². The minimum absolute atomic E-state index is 0.664. The molecular weight excluding hydrogens is 244 g/mol. The van der Waals surface area contributed by atoms with Gasteiger partial charge in [-0.15, -0.1) is 0 Å². The molecule has 1 aromatic heterocycles. The standard InChI is InChI=1S/C18H24N2/c1-3-10-20-18-8-7-15(13(18)2)16-6-4-5-14-9-11-19-12-17(14)16/h4-6,9,11-13,15,18,20H,3,7-8,10H2,1-2H3. The second kappa shape index (κ2) is 5.92. The van der Waals surface area contributed by atoms with Crippen LogP contribution in [0.25, 0.3) is 10.8 Å². The Morgan fingerprint density at radius 3 is 3.00 bits per heavy atom. The summed E-state index contributed by atoms with van der Waals surface area (Å²) in [5, 5.41) is 6.36. The fourth-order valence-electron chi connectivity index (χ4n) is 3.68. The second-order valence-corrected chi connectivity index (χ2v) is 6.05. The summed E-state index contributed by atoms with van der Waals surface area (Å²) in [6.07, 6.45) is 7.71. The van der Waals surface area contributed by atoms with E-state index in [1.807, 2.05) is 12.4 Å². The van der Waals surface area contributed by atoms with Crippen LogP contribution >= 0.6 is 0 Å². The smallest absolute Gasteiger partial charge is 0.0349 e. The molecular formula is C18H24N2. The van der Waals surface area contributed by atoms with E-state index in [-0.39, 0.29) is 0 Å². The average molecular weight is 268 g/mol. The number of fused-ring (bicyclic) bond motifs is 1. The van der Waals surface area contributed by atoms with Gasteiger partial charge in [-0.2, -0.15) is 0 Å². The fourth-order valence-corrected chi connectivity index (χ4v) is 3.68. The lowest BCUT2D eigenvalue weighted by atomic mass is 9.86. The van der Waals surface area contributed by atoms with Gasteiger partial charge in [0.25, 0.3) is 0 Å². The van der Waals surface area contributed by atoms with Gasteiger partial charge < -0.3 is 5.32 Å². The first-order chi connectivity index (χ1) is 9.81. The van der Waals surface area contributed by atoms with Gasteiger partial charge >= 0.3 is 0 Å². The molecule has 0 bridgehead atoms. The molecule has 1 heterocycles. The van der Waals surface area contributed by atoms with Crippen molar-refractivity contribution in [1.82, 2.24) is 10.3 Å². The molecule has 2 heteroatoms. The van der Waals surface area contributed by atoms with Crippen molar-refractivity contribution in [3.63, 3.8) is 0 Å². The van der Waals surface area contributed by atoms with Gasteiger partial charge in [0, 0.05) is 23.8 Å². The van der Waals surface area contributed by atoms with Gasteiger partial charge in [-0.1, -0.05) is 32.0 Å². The zero-order valence-corrected chi connectivity index (χ0v) is 12.5. The number of nitrogens with one attached hydrogen (secondary N) is 1. The van der Waals surface area contributed by atoms with Crippen molar-refractivity contribution >= 4 is 10.8 Å². The van der Waals surface area contributed by atoms with Crippen molar-refractivity contribution in [2.75, 3.05) is 6.54 Å². The molecule has 0 amide bonds. The summed E-state index contributed by atoms with van der Waals surface area (Å²) < 4.78 is 0. The molecule has 20 heavy (non-hydrogen) atoms. The van der Waals surface area contributed by atoms with Crippen molar-refractivity contribution < 1.29 is 0 Å². The quantitative estimate of drug-likeness (QED) is 0.902. The van der Waals surface area contributed by atoms with Gasteiger partial charge in [0.15, 0.2) is 0 Å². The Morgan fingerprint density at radius 1 is 1.25 bits per heavy atom. The lowest BCUT2D eigenvalue weighted by Crippen LogP contribution is -2.32. The number of hydrogen-bond acceptors (Lipinski definition) is 2.